The molecule has 2 heterocycles. The Labute approximate surface area is 243 Å². The Hall–Kier alpha value is -3.13. The minimum atomic E-state index is -0.749. The third-order valence-electron chi connectivity index (χ3n) is 9.37. The number of methoxy groups -OCH3 is 1. The summed E-state index contributed by atoms with van der Waals surface area (Å²) in [7, 11) is 1.65. The van der Waals surface area contributed by atoms with Crippen molar-refractivity contribution in [3.05, 3.63) is 59.4 Å². The van der Waals surface area contributed by atoms with Crippen molar-refractivity contribution in [2.24, 2.45) is 11.8 Å². The van der Waals surface area contributed by atoms with E-state index < -0.39 is 11.4 Å². The van der Waals surface area contributed by atoms with Crippen molar-refractivity contribution in [1.29, 1.82) is 0 Å². The molecule has 5 rings (SSSR count). The predicted octanol–water partition coefficient (Wildman–Crippen LogP) is 5.19. The van der Waals surface area contributed by atoms with Gasteiger partial charge in [0.2, 0.25) is 5.91 Å². The van der Waals surface area contributed by atoms with Gasteiger partial charge in [-0.15, -0.1) is 0 Å². The molecule has 3 fully saturated rings. The Morgan fingerprint density at radius 2 is 1.68 bits per heavy atom. The molecule has 2 N–H and O–H groups in total. The van der Waals surface area contributed by atoms with Crippen molar-refractivity contribution in [3.8, 4) is 5.75 Å². The molecule has 2 aliphatic heterocycles. The first-order chi connectivity index (χ1) is 19.5. The number of aliphatic carboxylic acids is 1. The van der Waals surface area contributed by atoms with E-state index in [1.165, 1.54) is 6.07 Å². The topological polar surface area (TPSA) is 82.1 Å². The summed E-state index contributed by atoms with van der Waals surface area (Å²) in [5, 5.41) is 13.0. The molecular formula is C33H44FN3O4. The lowest BCUT2D eigenvalue weighted by Gasteiger charge is -2.38. The number of anilines is 1. The third-order valence-corrected chi connectivity index (χ3v) is 9.37. The maximum Gasteiger partial charge on any atom is 0.306 e. The second-order valence-corrected chi connectivity index (χ2v) is 13.1. The van der Waals surface area contributed by atoms with E-state index >= 15 is 0 Å². The lowest BCUT2D eigenvalue weighted by molar-refractivity contribution is -0.142. The van der Waals surface area contributed by atoms with E-state index in [1.807, 2.05) is 35.2 Å². The van der Waals surface area contributed by atoms with Crippen LogP contribution in [0.1, 0.15) is 69.9 Å². The molecular weight excluding hydrogens is 521 g/mol. The smallest absolute Gasteiger partial charge is 0.306 e. The number of hydrogen-bond acceptors (Lipinski definition) is 5. The van der Waals surface area contributed by atoms with Gasteiger partial charge in [0.1, 0.15) is 11.6 Å². The molecule has 3 aliphatic rings. The molecule has 0 aromatic heterocycles. The van der Waals surface area contributed by atoms with Crippen LogP contribution in [-0.4, -0.2) is 67.3 Å². The zero-order valence-corrected chi connectivity index (χ0v) is 24.8. The van der Waals surface area contributed by atoms with Crippen molar-refractivity contribution in [1.82, 2.24) is 10.2 Å². The number of carbonyl (C=O) groups is 2. The highest BCUT2D eigenvalue weighted by Gasteiger charge is 2.62. The van der Waals surface area contributed by atoms with E-state index in [1.54, 1.807) is 13.2 Å². The Bertz CT molecular complexity index is 1240. The second kappa shape index (κ2) is 11.6. The number of carboxylic acids is 1. The van der Waals surface area contributed by atoms with Crippen LogP contribution in [0.15, 0.2) is 42.5 Å². The third kappa shape index (κ3) is 6.22. The zero-order chi connectivity index (χ0) is 29.4. The molecule has 222 valence electrons. The first-order valence-corrected chi connectivity index (χ1v) is 15.0. The fraction of sp³-hybridized carbons (Fsp3) is 0.576. The van der Waals surface area contributed by atoms with Crippen LogP contribution < -0.4 is 15.0 Å². The van der Waals surface area contributed by atoms with Crippen molar-refractivity contribution >= 4 is 17.6 Å². The molecule has 2 aromatic rings. The Kier molecular flexibility index (Phi) is 8.33. The van der Waals surface area contributed by atoms with E-state index in [4.69, 9.17) is 4.74 Å². The number of carbonyl (C=O) groups excluding carboxylic acids is 1. The van der Waals surface area contributed by atoms with Gasteiger partial charge in [-0.1, -0.05) is 18.2 Å². The summed E-state index contributed by atoms with van der Waals surface area (Å²) in [6.07, 6.45) is 3.60. The van der Waals surface area contributed by atoms with Crippen molar-refractivity contribution in [2.75, 3.05) is 44.7 Å². The van der Waals surface area contributed by atoms with E-state index in [0.29, 0.717) is 39.0 Å². The van der Waals surface area contributed by atoms with Gasteiger partial charge in [0.25, 0.3) is 0 Å². The summed E-state index contributed by atoms with van der Waals surface area (Å²) in [4.78, 5) is 29.8. The molecule has 2 atom stereocenters. The van der Waals surface area contributed by atoms with Crippen molar-refractivity contribution in [3.63, 3.8) is 0 Å². The Morgan fingerprint density at radius 3 is 2.27 bits per heavy atom. The van der Waals surface area contributed by atoms with E-state index in [0.717, 1.165) is 48.4 Å². The number of amides is 1. The molecule has 41 heavy (non-hydrogen) atoms. The molecule has 1 amide bonds. The molecule has 2 saturated heterocycles. The summed E-state index contributed by atoms with van der Waals surface area (Å²) in [6, 6.07) is 13.0. The number of hydrogen-bond donors (Lipinski definition) is 2. The van der Waals surface area contributed by atoms with Crippen molar-refractivity contribution in [2.45, 2.75) is 69.7 Å². The van der Waals surface area contributed by atoms with Crippen LogP contribution >= 0.6 is 0 Å². The van der Waals surface area contributed by atoms with E-state index in [2.05, 4.69) is 31.0 Å². The van der Waals surface area contributed by atoms with Gasteiger partial charge >= 0.3 is 5.97 Å². The van der Waals surface area contributed by atoms with Gasteiger partial charge < -0.3 is 25.0 Å². The normalized spacial score (nSPS) is 23.9. The lowest BCUT2D eigenvalue weighted by Crippen LogP contribution is -2.46. The van der Waals surface area contributed by atoms with Gasteiger partial charge in [-0.05, 0) is 107 Å². The Balaban J connectivity index is 1.30. The highest BCUT2D eigenvalue weighted by Crippen LogP contribution is 2.56. The number of benzene rings is 2. The number of ether oxygens (including phenoxy) is 1. The van der Waals surface area contributed by atoms with Gasteiger partial charge in [-0.2, -0.15) is 0 Å². The van der Waals surface area contributed by atoms with Crippen LogP contribution in [0.5, 0.6) is 5.75 Å². The molecule has 1 aliphatic carbocycles. The highest BCUT2D eigenvalue weighted by molar-refractivity contribution is 5.92. The molecule has 0 spiro atoms. The van der Waals surface area contributed by atoms with Crippen LogP contribution in [0.3, 0.4) is 0 Å². The number of likely N-dealkylation sites (tertiary alicyclic amines) is 1. The molecule has 0 bridgehead atoms. The fourth-order valence-electron chi connectivity index (χ4n) is 6.81. The van der Waals surface area contributed by atoms with Crippen LogP contribution in [0.4, 0.5) is 10.1 Å². The van der Waals surface area contributed by atoms with Gasteiger partial charge in [0, 0.05) is 37.4 Å². The average molecular weight is 566 g/mol. The first kappa shape index (κ1) is 29.4. The number of nitrogens with zero attached hydrogens (tertiary/aromatic N) is 2. The SMILES string of the molecule is COc1ccc(C2(C(=O)N3CCC(c4ccc(F)cc4N4CCC(C(=O)O)CC4)CC3)CC2CNC(C)(C)C)cc1. The van der Waals surface area contributed by atoms with Gasteiger partial charge in [-0.25, -0.2) is 4.39 Å². The summed E-state index contributed by atoms with van der Waals surface area (Å²) >= 11 is 0. The van der Waals surface area contributed by atoms with Gasteiger partial charge in [-0.3, -0.25) is 9.59 Å². The van der Waals surface area contributed by atoms with Crippen LogP contribution in [0.25, 0.3) is 0 Å². The fourth-order valence-corrected chi connectivity index (χ4v) is 6.81. The summed E-state index contributed by atoms with van der Waals surface area (Å²) in [6.45, 7) is 9.78. The van der Waals surface area contributed by atoms with Crippen LogP contribution in [0.2, 0.25) is 0 Å². The minimum Gasteiger partial charge on any atom is -0.497 e. The molecule has 2 aromatic carbocycles. The van der Waals surface area contributed by atoms with Crippen LogP contribution in [-0.2, 0) is 15.0 Å². The van der Waals surface area contributed by atoms with Crippen LogP contribution in [0, 0.1) is 17.7 Å². The van der Waals surface area contributed by atoms with Gasteiger partial charge in [0.15, 0.2) is 0 Å². The van der Waals surface area contributed by atoms with E-state index in [9.17, 15) is 19.1 Å². The van der Waals surface area contributed by atoms with Gasteiger partial charge in [0.05, 0.1) is 18.4 Å². The highest BCUT2D eigenvalue weighted by atomic mass is 19.1. The summed E-state index contributed by atoms with van der Waals surface area (Å²) < 4.78 is 19.7. The number of halogens is 1. The number of rotatable bonds is 8. The molecule has 2 unspecified atom stereocenters. The Morgan fingerprint density at radius 1 is 1.02 bits per heavy atom. The molecule has 1 saturated carbocycles. The summed E-state index contributed by atoms with van der Waals surface area (Å²) in [5.74, 6) is 0.0864. The molecule has 0 radical (unpaired) electrons. The standard InChI is InChI=1S/C33H44FN3O4/c1-32(2,3)35-21-25-20-33(25,24-5-8-27(41-4)9-6-24)31(40)37-17-11-22(12-18-37)28-10-7-26(34)19-29(28)36-15-13-23(14-16-36)30(38)39/h5-10,19,22-23,25,35H,11-18,20-21H2,1-4H3,(H,38,39). The van der Waals surface area contributed by atoms with E-state index in [-0.39, 0.29) is 35.0 Å². The average Bonchev–Trinajstić information content (AvgIpc) is 3.71. The lowest BCUT2D eigenvalue weighted by atomic mass is 9.85. The van der Waals surface area contributed by atoms with Crippen molar-refractivity contribution < 1.29 is 23.8 Å². The quantitative estimate of drug-likeness (QED) is 0.459. The molecule has 7 nitrogen and oxygen atoms in total. The maximum absolute atomic E-state index is 14.4. The summed E-state index contributed by atoms with van der Waals surface area (Å²) in [5.41, 5.74) is 2.49. The second-order valence-electron chi connectivity index (χ2n) is 13.1. The molecule has 8 heteroatoms. The predicted molar refractivity (Wildman–Crippen MR) is 158 cm³/mol. The first-order valence-electron chi connectivity index (χ1n) is 15.0. The maximum atomic E-state index is 14.4. The zero-order valence-electron chi connectivity index (χ0n) is 24.8. The minimum absolute atomic E-state index is 0.0224. The largest absolute Gasteiger partial charge is 0.497 e. The monoisotopic (exact) mass is 565 g/mol. The number of carboxylic acid groups (broad SMARTS) is 1. The number of piperidine rings is 2. The number of nitrogens with one attached hydrogen (secondary N) is 1.